The summed E-state index contributed by atoms with van der Waals surface area (Å²) in [7, 11) is 0. The van der Waals surface area contributed by atoms with Crippen molar-refractivity contribution in [3.8, 4) is 0 Å². The van der Waals surface area contributed by atoms with Gasteiger partial charge in [-0.25, -0.2) is 4.79 Å². The maximum absolute atomic E-state index is 11.9. The van der Waals surface area contributed by atoms with E-state index in [0.29, 0.717) is 25.9 Å². The molecule has 110 valence electrons. The molecule has 1 fully saturated rings. The number of aliphatic hydroxyl groups is 1. The van der Waals surface area contributed by atoms with Gasteiger partial charge in [-0.05, 0) is 39.5 Å². The maximum atomic E-state index is 11.9. The average Bonchev–Trinajstić information content (AvgIpc) is 2.39. The Morgan fingerprint density at radius 3 is 2.37 bits per heavy atom. The molecule has 6 nitrogen and oxygen atoms in total. The monoisotopic (exact) mass is 273 g/mol. The first kappa shape index (κ1) is 15.8. The minimum atomic E-state index is -0.922. The Hall–Kier alpha value is -1.30. The Morgan fingerprint density at radius 1 is 1.26 bits per heavy atom. The number of likely N-dealkylation sites (tertiary alicyclic amines) is 1. The van der Waals surface area contributed by atoms with Crippen LogP contribution in [0.15, 0.2) is 0 Å². The molecule has 1 aliphatic heterocycles. The molecular weight excluding hydrogens is 250 g/mol. The van der Waals surface area contributed by atoms with Crippen molar-refractivity contribution < 1.29 is 24.5 Å². The molecule has 6 heteroatoms. The van der Waals surface area contributed by atoms with Crippen LogP contribution in [0.25, 0.3) is 0 Å². The van der Waals surface area contributed by atoms with Crippen molar-refractivity contribution in [1.29, 1.82) is 0 Å². The number of amides is 1. The highest BCUT2D eigenvalue weighted by atomic mass is 16.6. The van der Waals surface area contributed by atoms with Gasteiger partial charge in [-0.3, -0.25) is 4.79 Å². The third-order valence-electron chi connectivity index (χ3n) is 3.10. The lowest BCUT2D eigenvalue weighted by molar-refractivity contribution is -0.139. The third-order valence-corrected chi connectivity index (χ3v) is 3.10. The summed E-state index contributed by atoms with van der Waals surface area (Å²) in [5, 5.41) is 18.7. The van der Waals surface area contributed by atoms with Crippen LogP contribution in [0.5, 0.6) is 0 Å². The molecule has 0 saturated carbocycles. The molecule has 1 amide bonds. The number of rotatable bonds is 2. The minimum Gasteiger partial charge on any atom is -0.481 e. The lowest BCUT2D eigenvalue weighted by atomic mass is 9.94. The van der Waals surface area contributed by atoms with Gasteiger partial charge in [-0.15, -0.1) is 0 Å². The predicted octanol–water partition coefficient (Wildman–Crippen LogP) is 1.47. The fraction of sp³-hybridized carbons (Fsp3) is 0.846. The third kappa shape index (κ3) is 5.46. The molecule has 2 atom stereocenters. The Labute approximate surface area is 113 Å². The van der Waals surface area contributed by atoms with E-state index in [4.69, 9.17) is 9.84 Å². The smallest absolute Gasteiger partial charge is 0.410 e. The Kier molecular flexibility index (Phi) is 5.17. The van der Waals surface area contributed by atoms with Crippen LogP contribution in [0.2, 0.25) is 0 Å². The summed E-state index contributed by atoms with van der Waals surface area (Å²) in [6.45, 7) is 6.20. The van der Waals surface area contributed by atoms with E-state index in [2.05, 4.69) is 0 Å². The molecule has 0 aromatic carbocycles. The highest BCUT2D eigenvalue weighted by Gasteiger charge is 2.30. The number of carboxylic acids is 1. The van der Waals surface area contributed by atoms with E-state index in [0.717, 1.165) is 0 Å². The summed E-state index contributed by atoms with van der Waals surface area (Å²) >= 11 is 0. The van der Waals surface area contributed by atoms with Crippen LogP contribution < -0.4 is 0 Å². The molecule has 1 saturated heterocycles. The second kappa shape index (κ2) is 6.23. The van der Waals surface area contributed by atoms with Crippen molar-refractivity contribution in [3.05, 3.63) is 0 Å². The number of carbonyl (C=O) groups excluding carboxylic acids is 1. The molecule has 0 radical (unpaired) electrons. The van der Waals surface area contributed by atoms with Gasteiger partial charge in [0.05, 0.1) is 12.5 Å². The van der Waals surface area contributed by atoms with Gasteiger partial charge in [0, 0.05) is 13.1 Å². The van der Waals surface area contributed by atoms with E-state index in [9.17, 15) is 14.7 Å². The summed E-state index contributed by atoms with van der Waals surface area (Å²) in [6, 6.07) is 0. The summed E-state index contributed by atoms with van der Waals surface area (Å²) in [6.07, 6.45) is -0.285. The number of aliphatic carboxylic acids is 1. The van der Waals surface area contributed by atoms with Crippen LogP contribution in [-0.4, -0.2) is 52.0 Å². The lowest BCUT2D eigenvalue weighted by Crippen LogP contribution is -2.37. The first-order chi connectivity index (χ1) is 8.69. The molecule has 0 aromatic heterocycles. The first-order valence-electron chi connectivity index (χ1n) is 6.57. The molecule has 0 bridgehead atoms. The van der Waals surface area contributed by atoms with Crippen molar-refractivity contribution in [3.63, 3.8) is 0 Å². The van der Waals surface area contributed by atoms with E-state index >= 15 is 0 Å². The van der Waals surface area contributed by atoms with E-state index in [1.54, 1.807) is 20.8 Å². The normalized spacial score (nSPS) is 24.7. The van der Waals surface area contributed by atoms with Crippen molar-refractivity contribution >= 4 is 12.1 Å². The van der Waals surface area contributed by atoms with Crippen LogP contribution >= 0.6 is 0 Å². The second-order valence-electron chi connectivity index (χ2n) is 5.97. The van der Waals surface area contributed by atoms with Gasteiger partial charge < -0.3 is 19.8 Å². The largest absolute Gasteiger partial charge is 0.481 e. The fourth-order valence-electron chi connectivity index (χ4n) is 2.12. The molecular formula is C13H23NO5. The molecule has 1 aliphatic rings. The molecule has 1 heterocycles. The van der Waals surface area contributed by atoms with Crippen molar-refractivity contribution in [2.75, 3.05) is 13.1 Å². The van der Waals surface area contributed by atoms with E-state index in [-0.39, 0.29) is 12.3 Å². The molecule has 19 heavy (non-hydrogen) atoms. The van der Waals surface area contributed by atoms with Crippen LogP contribution in [0, 0.1) is 5.92 Å². The number of carbonyl (C=O) groups is 2. The highest BCUT2D eigenvalue weighted by molar-refractivity contribution is 5.68. The zero-order valence-electron chi connectivity index (χ0n) is 11.8. The van der Waals surface area contributed by atoms with Crippen molar-refractivity contribution in [1.82, 2.24) is 4.90 Å². The maximum Gasteiger partial charge on any atom is 0.410 e. The van der Waals surface area contributed by atoms with Crippen LogP contribution in [0.4, 0.5) is 4.79 Å². The van der Waals surface area contributed by atoms with E-state index in [1.807, 2.05) is 0 Å². The van der Waals surface area contributed by atoms with Crippen LogP contribution in [0.3, 0.4) is 0 Å². The molecule has 1 rings (SSSR count). The predicted molar refractivity (Wildman–Crippen MR) is 68.8 cm³/mol. The van der Waals surface area contributed by atoms with Gasteiger partial charge in [0.15, 0.2) is 0 Å². The number of aliphatic hydroxyl groups excluding tert-OH is 1. The number of hydrogen-bond acceptors (Lipinski definition) is 4. The van der Waals surface area contributed by atoms with Crippen LogP contribution in [-0.2, 0) is 9.53 Å². The number of ether oxygens (including phenoxy) is 1. The molecule has 0 aliphatic carbocycles. The summed E-state index contributed by atoms with van der Waals surface area (Å²) in [5.41, 5.74) is -0.553. The van der Waals surface area contributed by atoms with Crippen molar-refractivity contribution in [2.24, 2.45) is 5.92 Å². The quantitative estimate of drug-likeness (QED) is 0.795. The van der Waals surface area contributed by atoms with Gasteiger partial charge in [0.2, 0.25) is 0 Å². The van der Waals surface area contributed by atoms with E-state index < -0.39 is 23.8 Å². The molecule has 0 spiro atoms. The first-order valence-corrected chi connectivity index (χ1v) is 6.57. The Bertz CT molecular complexity index is 336. The van der Waals surface area contributed by atoms with Gasteiger partial charge in [-0.1, -0.05) is 0 Å². The minimum absolute atomic E-state index is 0.0661. The second-order valence-corrected chi connectivity index (χ2v) is 5.97. The lowest BCUT2D eigenvalue weighted by Gasteiger charge is -2.26. The van der Waals surface area contributed by atoms with Gasteiger partial charge >= 0.3 is 12.1 Å². The number of carboxylic acid groups (broad SMARTS) is 1. The van der Waals surface area contributed by atoms with Gasteiger partial charge in [0.25, 0.3) is 0 Å². The summed E-state index contributed by atoms with van der Waals surface area (Å²) in [4.78, 5) is 24.2. The van der Waals surface area contributed by atoms with Crippen molar-refractivity contribution in [2.45, 2.75) is 51.7 Å². The van der Waals surface area contributed by atoms with E-state index in [1.165, 1.54) is 4.90 Å². The fourth-order valence-corrected chi connectivity index (χ4v) is 2.12. The topological polar surface area (TPSA) is 87.1 Å². The SMILES string of the molecule is CC(C)(C)OC(=O)N1CC[C@H](CC(=O)O)[C@@H](O)CC1. The number of nitrogens with zero attached hydrogens (tertiary/aromatic N) is 1. The molecule has 0 unspecified atom stereocenters. The Morgan fingerprint density at radius 2 is 1.84 bits per heavy atom. The summed E-state index contributed by atoms with van der Waals surface area (Å²) < 4.78 is 5.27. The highest BCUT2D eigenvalue weighted by Crippen LogP contribution is 2.22. The Balaban J connectivity index is 2.57. The zero-order chi connectivity index (χ0) is 14.6. The van der Waals surface area contributed by atoms with Gasteiger partial charge in [-0.2, -0.15) is 0 Å². The zero-order valence-corrected chi connectivity index (χ0v) is 11.8. The average molecular weight is 273 g/mol. The van der Waals surface area contributed by atoms with Crippen LogP contribution in [0.1, 0.15) is 40.0 Å². The number of hydrogen-bond donors (Lipinski definition) is 2. The summed E-state index contributed by atoms with van der Waals surface area (Å²) in [5.74, 6) is -1.22. The standard InChI is InChI=1S/C13H23NO5/c1-13(2,3)19-12(18)14-6-4-9(8-11(16)17)10(15)5-7-14/h9-10,15H,4-8H2,1-3H3,(H,16,17)/t9-,10+/m1/s1. The molecule has 0 aromatic rings. The molecule has 2 N–H and O–H groups in total. The van der Waals surface area contributed by atoms with Gasteiger partial charge in [0.1, 0.15) is 5.60 Å².